The normalized spacial score (nSPS) is 11.7. The Morgan fingerprint density at radius 1 is 1.32 bits per heavy atom. The number of halogens is 2. The number of alkyl halides is 2. The van der Waals surface area contributed by atoms with Crippen molar-refractivity contribution in [2.24, 2.45) is 0 Å². The maximum Gasteiger partial charge on any atom is 0.284 e. The molecule has 0 bridgehead atoms. The Balaban J connectivity index is 2.09. The highest BCUT2D eigenvalue weighted by Crippen LogP contribution is 2.21. The lowest BCUT2D eigenvalue weighted by Gasteiger charge is -2.07. The summed E-state index contributed by atoms with van der Waals surface area (Å²) in [5.74, 6) is -0.785. The molecule has 0 radical (unpaired) electrons. The Kier molecular flexibility index (Phi) is 8.09. The van der Waals surface area contributed by atoms with Crippen molar-refractivity contribution < 1.29 is 17.9 Å². The van der Waals surface area contributed by atoms with Gasteiger partial charge in [-0.2, -0.15) is 8.78 Å². The fourth-order valence-corrected chi connectivity index (χ4v) is 1.91. The van der Waals surface area contributed by atoms with Gasteiger partial charge in [-0.3, -0.25) is 0 Å². The van der Waals surface area contributed by atoms with Gasteiger partial charge in [-0.15, -0.1) is 0 Å². The van der Waals surface area contributed by atoms with Crippen LogP contribution < -0.4 is 5.32 Å². The lowest BCUT2D eigenvalue weighted by molar-refractivity contribution is 0.0770. The molecule has 6 heteroatoms. The second-order valence-electron chi connectivity index (χ2n) is 4.39. The monoisotopic (exact) mass is 293 g/mol. The summed E-state index contributed by atoms with van der Waals surface area (Å²) in [6, 6.07) is 3.56. The Morgan fingerprint density at radius 2 is 2.05 bits per heavy atom. The molecule has 1 aromatic heterocycles. The van der Waals surface area contributed by atoms with E-state index in [4.69, 9.17) is 9.15 Å². The van der Waals surface area contributed by atoms with Crippen LogP contribution in [0.4, 0.5) is 8.78 Å². The molecule has 110 valence electrons. The molecule has 0 saturated heterocycles. The molecule has 3 nitrogen and oxygen atoms in total. The number of ether oxygens (including phenoxy) is 1. The van der Waals surface area contributed by atoms with Crippen LogP contribution in [0, 0.1) is 0 Å². The molecule has 0 saturated carbocycles. The summed E-state index contributed by atoms with van der Waals surface area (Å²) in [5.41, 5.74) is 0. The largest absolute Gasteiger partial charge is 0.464 e. The molecule has 0 atom stereocenters. The molecular weight excluding hydrogens is 272 g/mol. The molecule has 1 rings (SSSR count). The van der Waals surface area contributed by atoms with E-state index in [0.29, 0.717) is 24.1 Å². The number of thioether (sulfide) groups is 1. The minimum atomic E-state index is -2.35. The number of furan rings is 1. The molecule has 1 heterocycles. The van der Waals surface area contributed by atoms with Crippen LogP contribution in [0.25, 0.3) is 0 Å². The van der Waals surface area contributed by atoms with Crippen LogP contribution in [0.1, 0.15) is 31.8 Å². The first-order valence-electron chi connectivity index (χ1n) is 6.37. The van der Waals surface area contributed by atoms with Crippen molar-refractivity contribution in [3.05, 3.63) is 23.7 Å². The molecule has 0 fully saturated rings. The van der Waals surface area contributed by atoms with Gasteiger partial charge >= 0.3 is 0 Å². The van der Waals surface area contributed by atoms with Gasteiger partial charge in [0.05, 0.1) is 18.4 Å². The zero-order chi connectivity index (χ0) is 14.1. The van der Waals surface area contributed by atoms with Gasteiger partial charge in [0.1, 0.15) is 11.5 Å². The van der Waals surface area contributed by atoms with Crippen LogP contribution >= 0.6 is 11.8 Å². The molecule has 0 spiro atoms. The molecule has 1 aromatic rings. The van der Waals surface area contributed by atoms with E-state index in [9.17, 15) is 8.78 Å². The summed E-state index contributed by atoms with van der Waals surface area (Å²) < 4.78 is 34.9. The van der Waals surface area contributed by atoms with Crippen LogP contribution in [0.2, 0.25) is 0 Å². The highest BCUT2D eigenvalue weighted by Gasteiger charge is 2.07. The summed E-state index contributed by atoms with van der Waals surface area (Å²) in [4.78, 5) is 0. The first kappa shape index (κ1) is 16.5. The topological polar surface area (TPSA) is 34.4 Å². The third-order valence-corrected chi connectivity index (χ3v) is 3.02. The number of hydrogen-bond acceptors (Lipinski definition) is 4. The Bertz CT molecular complexity index is 345. The van der Waals surface area contributed by atoms with Gasteiger partial charge in [-0.25, -0.2) is 0 Å². The fourth-order valence-electron chi connectivity index (χ4n) is 1.47. The van der Waals surface area contributed by atoms with Gasteiger partial charge in [-0.1, -0.05) is 11.8 Å². The second kappa shape index (κ2) is 9.34. The van der Waals surface area contributed by atoms with E-state index in [2.05, 4.69) is 5.32 Å². The zero-order valence-electron chi connectivity index (χ0n) is 11.3. The van der Waals surface area contributed by atoms with Gasteiger partial charge < -0.3 is 14.5 Å². The quantitative estimate of drug-likeness (QED) is 0.668. The average molecular weight is 293 g/mol. The predicted molar refractivity (Wildman–Crippen MR) is 73.4 cm³/mol. The van der Waals surface area contributed by atoms with Crippen LogP contribution in [-0.2, 0) is 17.0 Å². The number of hydrogen-bond donors (Lipinski definition) is 1. The van der Waals surface area contributed by atoms with Gasteiger partial charge in [0.15, 0.2) is 0 Å². The van der Waals surface area contributed by atoms with E-state index >= 15 is 0 Å². The van der Waals surface area contributed by atoms with Crippen molar-refractivity contribution >= 4 is 11.8 Å². The smallest absolute Gasteiger partial charge is 0.284 e. The molecular formula is C13H21F2NO2S. The fraction of sp³-hybridized carbons (Fsp3) is 0.692. The zero-order valence-corrected chi connectivity index (χ0v) is 12.1. The van der Waals surface area contributed by atoms with Crippen molar-refractivity contribution in [2.45, 2.75) is 44.4 Å². The van der Waals surface area contributed by atoms with E-state index in [-0.39, 0.29) is 11.9 Å². The van der Waals surface area contributed by atoms with Crippen LogP contribution in [0.15, 0.2) is 16.5 Å². The molecule has 0 aliphatic heterocycles. The summed E-state index contributed by atoms with van der Waals surface area (Å²) in [7, 11) is 0. The van der Waals surface area contributed by atoms with E-state index in [1.54, 1.807) is 6.07 Å². The van der Waals surface area contributed by atoms with Crippen molar-refractivity contribution in [3.63, 3.8) is 0 Å². The van der Waals surface area contributed by atoms with E-state index in [1.165, 1.54) is 0 Å². The van der Waals surface area contributed by atoms with E-state index in [1.807, 2.05) is 19.9 Å². The second-order valence-corrected chi connectivity index (χ2v) is 5.37. The minimum Gasteiger partial charge on any atom is -0.464 e. The number of rotatable bonds is 10. The summed E-state index contributed by atoms with van der Waals surface area (Å²) in [6.45, 7) is 6.21. The van der Waals surface area contributed by atoms with Crippen LogP contribution in [0.5, 0.6) is 0 Å². The van der Waals surface area contributed by atoms with Gasteiger partial charge in [-0.05, 0) is 38.9 Å². The molecule has 1 N–H and O–H groups in total. The average Bonchev–Trinajstić information content (AvgIpc) is 2.78. The van der Waals surface area contributed by atoms with Crippen molar-refractivity contribution in [1.29, 1.82) is 0 Å². The SMILES string of the molecule is CC(C)OCCCNCc1ccc(CSC(F)F)o1. The molecule has 0 aromatic carbocycles. The lowest BCUT2D eigenvalue weighted by atomic mass is 10.4. The summed E-state index contributed by atoms with van der Waals surface area (Å²) in [5, 5.41) is 3.22. The summed E-state index contributed by atoms with van der Waals surface area (Å²) in [6.07, 6.45) is 1.20. The van der Waals surface area contributed by atoms with Gasteiger partial charge in [0, 0.05) is 6.61 Å². The van der Waals surface area contributed by atoms with Gasteiger partial charge in [0.25, 0.3) is 5.76 Å². The van der Waals surface area contributed by atoms with Gasteiger partial charge in [0.2, 0.25) is 0 Å². The molecule has 0 unspecified atom stereocenters. The molecule has 0 amide bonds. The third-order valence-electron chi connectivity index (χ3n) is 2.32. The maximum absolute atomic E-state index is 12.0. The highest BCUT2D eigenvalue weighted by molar-refractivity contribution is 7.98. The first-order valence-corrected chi connectivity index (χ1v) is 7.42. The minimum absolute atomic E-state index is 0.208. The van der Waals surface area contributed by atoms with Crippen molar-refractivity contribution in [3.8, 4) is 0 Å². The van der Waals surface area contributed by atoms with E-state index in [0.717, 1.165) is 25.3 Å². The molecule has 0 aliphatic carbocycles. The Labute approximate surface area is 117 Å². The maximum atomic E-state index is 12.0. The van der Waals surface area contributed by atoms with E-state index < -0.39 is 5.76 Å². The predicted octanol–water partition coefficient (Wildman–Crippen LogP) is 3.64. The Morgan fingerprint density at radius 3 is 2.74 bits per heavy atom. The molecule has 19 heavy (non-hydrogen) atoms. The lowest BCUT2D eigenvalue weighted by Crippen LogP contribution is -2.17. The standard InChI is InChI=1S/C13H21F2NO2S/c1-10(2)17-7-3-6-16-8-11-4-5-12(18-11)9-19-13(14)15/h4-5,10,13,16H,3,6-9H2,1-2H3. The van der Waals surface area contributed by atoms with Crippen LogP contribution in [-0.4, -0.2) is 25.0 Å². The van der Waals surface area contributed by atoms with Crippen LogP contribution in [0.3, 0.4) is 0 Å². The molecule has 0 aliphatic rings. The first-order chi connectivity index (χ1) is 9.08. The Hall–Kier alpha value is -0.590. The highest BCUT2D eigenvalue weighted by atomic mass is 32.2. The van der Waals surface area contributed by atoms with Crippen molar-refractivity contribution in [2.75, 3.05) is 13.2 Å². The van der Waals surface area contributed by atoms with Crippen molar-refractivity contribution in [1.82, 2.24) is 5.32 Å². The summed E-state index contributed by atoms with van der Waals surface area (Å²) >= 11 is 0.571. The third kappa shape index (κ3) is 8.23. The number of nitrogens with one attached hydrogen (secondary N) is 1.